The average Bonchev–Trinajstić information content (AvgIpc) is 2.51. The molecule has 0 heterocycles. The highest BCUT2D eigenvalue weighted by Crippen LogP contribution is 2.33. The van der Waals surface area contributed by atoms with Crippen LogP contribution < -0.4 is 5.73 Å². The summed E-state index contributed by atoms with van der Waals surface area (Å²) in [6.45, 7) is 0.00225. The van der Waals surface area contributed by atoms with E-state index in [0.29, 0.717) is 11.1 Å². The van der Waals surface area contributed by atoms with E-state index in [-0.39, 0.29) is 24.9 Å². The molecule has 130 valence electrons. The van der Waals surface area contributed by atoms with E-state index in [1.165, 1.54) is 24.3 Å². The molecule has 0 aliphatic rings. The highest BCUT2D eigenvalue weighted by Gasteiger charge is 2.33. The lowest BCUT2D eigenvalue weighted by molar-refractivity contribution is -0.138. The highest BCUT2D eigenvalue weighted by molar-refractivity contribution is 5.35. The summed E-state index contributed by atoms with van der Waals surface area (Å²) >= 11 is 0. The third-order valence-corrected chi connectivity index (χ3v) is 3.68. The van der Waals surface area contributed by atoms with Crippen molar-refractivity contribution in [1.29, 1.82) is 0 Å². The molecule has 0 aliphatic carbocycles. The van der Waals surface area contributed by atoms with Gasteiger partial charge in [0.1, 0.15) is 0 Å². The molecule has 0 radical (unpaired) electrons. The first-order valence-electron chi connectivity index (χ1n) is 7.16. The topological polar surface area (TPSA) is 26.0 Å². The molecule has 2 aromatic carbocycles. The zero-order chi connectivity index (χ0) is 18.0. The van der Waals surface area contributed by atoms with E-state index in [1.807, 2.05) is 0 Å². The van der Waals surface area contributed by atoms with Crippen molar-refractivity contribution >= 4 is 0 Å². The van der Waals surface area contributed by atoms with E-state index in [1.54, 1.807) is 0 Å². The van der Waals surface area contributed by atoms with Crippen molar-refractivity contribution in [2.45, 2.75) is 31.7 Å². The number of hydrogen-bond acceptors (Lipinski definition) is 1. The van der Waals surface area contributed by atoms with Crippen LogP contribution >= 0.6 is 0 Å². The second-order valence-corrected chi connectivity index (χ2v) is 5.39. The maximum atomic E-state index is 13.1. The lowest BCUT2D eigenvalue weighted by Crippen LogP contribution is -2.11. The molecule has 0 unspecified atom stereocenters. The molecule has 0 saturated heterocycles. The van der Waals surface area contributed by atoms with Gasteiger partial charge in [-0.2, -0.15) is 26.3 Å². The predicted molar refractivity (Wildman–Crippen MR) is 78.2 cm³/mol. The second kappa shape index (κ2) is 6.84. The zero-order valence-electron chi connectivity index (χ0n) is 12.5. The molecule has 0 aliphatic heterocycles. The van der Waals surface area contributed by atoms with Gasteiger partial charge in [-0.25, -0.2) is 0 Å². The Kier molecular flexibility index (Phi) is 5.22. The van der Waals surface area contributed by atoms with Gasteiger partial charge in [0, 0.05) is 6.54 Å². The van der Waals surface area contributed by atoms with Crippen molar-refractivity contribution in [3.63, 3.8) is 0 Å². The van der Waals surface area contributed by atoms with E-state index in [4.69, 9.17) is 5.73 Å². The maximum absolute atomic E-state index is 13.1. The van der Waals surface area contributed by atoms with Gasteiger partial charge >= 0.3 is 12.4 Å². The van der Waals surface area contributed by atoms with Gasteiger partial charge in [0.25, 0.3) is 0 Å². The van der Waals surface area contributed by atoms with Gasteiger partial charge in [0.05, 0.1) is 11.1 Å². The Morgan fingerprint density at radius 3 is 1.79 bits per heavy atom. The van der Waals surface area contributed by atoms with Gasteiger partial charge < -0.3 is 5.73 Å². The maximum Gasteiger partial charge on any atom is 0.416 e. The van der Waals surface area contributed by atoms with Crippen LogP contribution in [0.1, 0.15) is 27.8 Å². The predicted octanol–water partition coefficient (Wildman–Crippen LogP) is 4.97. The molecule has 1 nitrogen and oxygen atoms in total. The minimum Gasteiger partial charge on any atom is -0.326 e. The highest BCUT2D eigenvalue weighted by atomic mass is 19.4. The van der Waals surface area contributed by atoms with Crippen molar-refractivity contribution in [2.24, 2.45) is 5.73 Å². The minimum atomic E-state index is -4.50. The van der Waals surface area contributed by atoms with Crippen LogP contribution in [0.5, 0.6) is 0 Å². The van der Waals surface area contributed by atoms with E-state index in [9.17, 15) is 26.3 Å². The smallest absolute Gasteiger partial charge is 0.326 e. The van der Waals surface area contributed by atoms with Gasteiger partial charge in [-0.05, 0) is 47.7 Å². The molecule has 0 bridgehead atoms. The molecule has 0 spiro atoms. The number of halogens is 6. The third kappa shape index (κ3) is 4.50. The molecule has 0 aromatic heterocycles. The van der Waals surface area contributed by atoms with Gasteiger partial charge in [0.15, 0.2) is 0 Å². The number of benzene rings is 2. The summed E-state index contributed by atoms with van der Waals surface area (Å²) in [6, 6.07) is 8.33. The average molecular weight is 347 g/mol. The second-order valence-electron chi connectivity index (χ2n) is 5.39. The van der Waals surface area contributed by atoms with Crippen LogP contribution in [0.2, 0.25) is 0 Å². The van der Waals surface area contributed by atoms with E-state index in [2.05, 4.69) is 0 Å². The summed E-state index contributed by atoms with van der Waals surface area (Å²) in [7, 11) is 0. The first kappa shape index (κ1) is 18.3. The van der Waals surface area contributed by atoms with E-state index < -0.39 is 23.5 Å². The summed E-state index contributed by atoms with van der Waals surface area (Å²) in [5.74, 6) is 0. The third-order valence-electron chi connectivity index (χ3n) is 3.68. The Hall–Kier alpha value is -2.02. The number of hydrogen-bond donors (Lipinski definition) is 1. The lowest BCUT2D eigenvalue weighted by Gasteiger charge is -2.14. The van der Waals surface area contributed by atoms with Crippen molar-refractivity contribution in [3.8, 4) is 0 Å². The standard InChI is InChI=1S/C17H15F6N/c18-16(19,20)14-7-3-11(4-8-14)1-5-13-6-2-12(10-24)9-15(13)17(21,22)23/h2-4,6-9H,1,5,10,24H2. The molecular formula is C17H15F6N. The lowest BCUT2D eigenvalue weighted by atomic mass is 9.97. The number of rotatable bonds is 4. The Balaban J connectivity index is 2.17. The van der Waals surface area contributed by atoms with Crippen molar-refractivity contribution in [1.82, 2.24) is 0 Å². The molecule has 2 aromatic rings. The fourth-order valence-corrected chi connectivity index (χ4v) is 2.37. The summed E-state index contributed by atoms with van der Waals surface area (Å²) in [5.41, 5.74) is 4.84. The molecule has 7 heteroatoms. The molecule has 2 rings (SSSR count). The van der Waals surface area contributed by atoms with Crippen molar-refractivity contribution in [2.75, 3.05) is 0 Å². The molecule has 0 saturated carbocycles. The van der Waals surface area contributed by atoms with Crippen LogP contribution in [0.25, 0.3) is 0 Å². The van der Waals surface area contributed by atoms with Crippen LogP contribution in [0.3, 0.4) is 0 Å². The van der Waals surface area contributed by atoms with Gasteiger partial charge in [-0.15, -0.1) is 0 Å². The minimum absolute atomic E-state index is 0.00225. The van der Waals surface area contributed by atoms with E-state index in [0.717, 1.165) is 18.2 Å². The Bertz CT molecular complexity index is 686. The zero-order valence-corrected chi connectivity index (χ0v) is 12.5. The summed E-state index contributed by atoms with van der Waals surface area (Å²) in [4.78, 5) is 0. The quantitative estimate of drug-likeness (QED) is 0.777. The summed E-state index contributed by atoms with van der Waals surface area (Å²) in [6.07, 6.45) is -8.64. The monoisotopic (exact) mass is 347 g/mol. The molecular weight excluding hydrogens is 332 g/mol. The SMILES string of the molecule is NCc1ccc(CCc2ccc(C(F)(F)F)cc2)c(C(F)(F)F)c1. The largest absolute Gasteiger partial charge is 0.416 e. The molecule has 0 atom stereocenters. The molecule has 0 fully saturated rings. The number of aryl methyl sites for hydroxylation is 2. The normalized spacial score (nSPS) is 12.5. The Labute approximate surface area is 135 Å². The van der Waals surface area contributed by atoms with Crippen LogP contribution in [0.15, 0.2) is 42.5 Å². The molecule has 2 N–H and O–H groups in total. The number of nitrogens with two attached hydrogens (primary N) is 1. The Morgan fingerprint density at radius 2 is 1.29 bits per heavy atom. The van der Waals surface area contributed by atoms with Crippen LogP contribution in [-0.4, -0.2) is 0 Å². The summed E-state index contributed by atoms with van der Waals surface area (Å²) < 4.78 is 76.8. The van der Waals surface area contributed by atoms with Gasteiger partial charge in [-0.1, -0.05) is 24.3 Å². The van der Waals surface area contributed by atoms with E-state index >= 15 is 0 Å². The molecule has 24 heavy (non-hydrogen) atoms. The summed E-state index contributed by atoms with van der Waals surface area (Å²) in [5, 5.41) is 0. The van der Waals surface area contributed by atoms with Gasteiger partial charge in [0.2, 0.25) is 0 Å². The van der Waals surface area contributed by atoms with Crippen LogP contribution in [0.4, 0.5) is 26.3 Å². The van der Waals surface area contributed by atoms with Crippen LogP contribution in [-0.2, 0) is 31.7 Å². The number of alkyl halides is 6. The fourth-order valence-electron chi connectivity index (χ4n) is 2.37. The first-order chi connectivity index (χ1) is 11.1. The van der Waals surface area contributed by atoms with Gasteiger partial charge in [-0.3, -0.25) is 0 Å². The molecule has 0 amide bonds. The Morgan fingerprint density at radius 1 is 0.708 bits per heavy atom. The fraction of sp³-hybridized carbons (Fsp3) is 0.294. The van der Waals surface area contributed by atoms with Crippen molar-refractivity contribution < 1.29 is 26.3 Å². The first-order valence-corrected chi connectivity index (χ1v) is 7.16. The van der Waals surface area contributed by atoms with Crippen LogP contribution in [0, 0.1) is 0 Å². The van der Waals surface area contributed by atoms with Crippen molar-refractivity contribution in [3.05, 3.63) is 70.3 Å².